The lowest BCUT2D eigenvalue weighted by Gasteiger charge is -2.27. The third kappa shape index (κ3) is 5.28. The van der Waals surface area contributed by atoms with Gasteiger partial charge in [0.1, 0.15) is 0 Å². The monoisotopic (exact) mass is 354 g/mol. The van der Waals surface area contributed by atoms with E-state index in [1.54, 1.807) is 0 Å². The maximum absolute atomic E-state index is 5.71. The molecule has 0 aromatic heterocycles. The van der Waals surface area contributed by atoms with Crippen LogP contribution in [0.1, 0.15) is 29.5 Å². The van der Waals surface area contributed by atoms with E-state index < -0.39 is 0 Å². The molecule has 4 heteroatoms. The minimum atomic E-state index is 0.287. The Morgan fingerprint density at radius 1 is 1.12 bits per heavy atom. The lowest BCUT2D eigenvalue weighted by molar-refractivity contribution is 0.113. The van der Waals surface area contributed by atoms with Crippen LogP contribution in [0.15, 0.2) is 54.6 Å². The van der Waals surface area contributed by atoms with E-state index >= 15 is 0 Å². The Kier molecular flexibility index (Phi) is 6.42. The maximum Gasteiger partial charge on any atom is 0.169 e. The van der Waals surface area contributed by atoms with E-state index in [0.717, 1.165) is 44.2 Å². The Morgan fingerprint density at radius 3 is 2.60 bits per heavy atom. The lowest BCUT2D eigenvalue weighted by Crippen LogP contribution is -2.42. The van der Waals surface area contributed by atoms with Gasteiger partial charge in [0.2, 0.25) is 0 Å². The Labute approximate surface area is 156 Å². The van der Waals surface area contributed by atoms with Crippen molar-refractivity contribution in [3.05, 3.63) is 71.3 Å². The van der Waals surface area contributed by atoms with Gasteiger partial charge in [0.15, 0.2) is 5.11 Å². The van der Waals surface area contributed by atoms with Gasteiger partial charge in [-0.05, 0) is 48.7 Å². The quantitative estimate of drug-likeness (QED) is 0.791. The van der Waals surface area contributed by atoms with Crippen molar-refractivity contribution in [1.82, 2.24) is 10.2 Å². The van der Waals surface area contributed by atoms with Crippen LogP contribution in [-0.2, 0) is 17.8 Å². The van der Waals surface area contributed by atoms with Gasteiger partial charge >= 0.3 is 0 Å². The predicted molar refractivity (Wildman–Crippen MR) is 106 cm³/mol. The summed E-state index contributed by atoms with van der Waals surface area (Å²) in [5.74, 6) is 0. The summed E-state index contributed by atoms with van der Waals surface area (Å²) < 4.78 is 5.70. The summed E-state index contributed by atoms with van der Waals surface area (Å²) in [4.78, 5) is 2.24. The highest BCUT2D eigenvalue weighted by molar-refractivity contribution is 7.80. The van der Waals surface area contributed by atoms with Crippen LogP contribution in [0.2, 0.25) is 0 Å². The van der Waals surface area contributed by atoms with Gasteiger partial charge in [-0.3, -0.25) is 0 Å². The minimum absolute atomic E-state index is 0.287. The summed E-state index contributed by atoms with van der Waals surface area (Å²) in [6, 6.07) is 19.0. The molecule has 0 radical (unpaired) electrons. The SMILES string of the molecule is Cc1ccccc1CN(Cc1ccccc1)C(=S)NC[C@H]1CCCO1. The van der Waals surface area contributed by atoms with Gasteiger partial charge < -0.3 is 15.0 Å². The van der Waals surface area contributed by atoms with Gasteiger partial charge in [-0.25, -0.2) is 0 Å². The van der Waals surface area contributed by atoms with Crippen molar-refractivity contribution >= 4 is 17.3 Å². The van der Waals surface area contributed by atoms with E-state index in [9.17, 15) is 0 Å². The van der Waals surface area contributed by atoms with Crippen molar-refractivity contribution in [2.45, 2.75) is 39.0 Å². The number of nitrogens with zero attached hydrogens (tertiary/aromatic N) is 1. The smallest absolute Gasteiger partial charge is 0.169 e. The lowest BCUT2D eigenvalue weighted by atomic mass is 10.1. The van der Waals surface area contributed by atoms with Crippen molar-refractivity contribution in [3.8, 4) is 0 Å². The van der Waals surface area contributed by atoms with Crippen LogP contribution in [-0.4, -0.2) is 29.3 Å². The number of ether oxygens (including phenoxy) is 1. The highest BCUT2D eigenvalue weighted by Crippen LogP contribution is 2.15. The van der Waals surface area contributed by atoms with Crippen LogP contribution in [0.3, 0.4) is 0 Å². The molecule has 0 aliphatic carbocycles. The first-order valence-corrected chi connectivity index (χ1v) is 9.36. The second-order valence-corrected chi connectivity index (χ2v) is 6.98. The first-order valence-electron chi connectivity index (χ1n) is 8.95. The second kappa shape index (κ2) is 8.97. The van der Waals surface area contributed by atoms with Crippen LogP contribution in [0.4, 0.5) is 0 Å². The average molecular weight is 355 g/mol. The van der Waals surface area contributed by atoms with Crippen LogP contribution < -0.4 is 5.32 Å². The van der Waals surface area contributed by atoms with E-state index in [4.69, 9.17) is 17.0 Å². The molecule has 2 aromatic rings. The predicted octanol–water partition coefficient (Wildman–Crippen LogP) is 4.05. The van der Waals surface area contributed by atoms with Crippen molar-refractivity contribution in [2.75, 3.05) is 13.2 Å². The zero-order valence-electron chi connectivity index (χ0n) is 14.8. The molecule has 1 aliphatic rings. The summed E-state index contributed by atoms with van der Waals surface area (Å²) in [5.41, 5.74) is 3.86. The molecule has 25 heavy (non-hydrogen) atoms. The number of rotatable bonds is 6. The van der Waals surface area contributed by atoms with Gasteiger partial charge in [-0.15, -0.1) is 0 Å². The summed E-state index contributed by atoms with van der Waals surface area (Å²) >= 11 is 5.71. The first kappa shape index (κ1) is 17.9. The van der Waals surface area contributed by atoms with Crippen LogP contribution in [0.25, 0.3) is 0 Å². The number of nitrogens with one attached hydrogen (secondary N) is 1. The van der Waals surface area contributed by atoms with Crippen molar-refractivity contribution in [1.29, 1.82) is 0 Å². The molecule has 0 saturated carbocycles. The molecule has 1 atom stereocenters. The molecule has 1 saturated heterocycles. The topological polar surface area (TPSA) is 24.5 Å². The van der Waals surface area contributed by atoms with Gasteiger partial charge in [0.25, 0.3) is 0 Å². The number of benzene rings is 2. The second-order valence-electron chi connectivity index (χ2n) is 6.59. The highest BCUT2D eigenvalue weighted by Gasteiger charge is 2.18. The zero-order chi connectivity index (χ0) is 17.5. The molecule has 1 heterocycles. The molecule has 0 bridgehead atoms. The van der Waals surface area contributed by atoms with Gasteiger partial charge in [-0.1, -0.05) is 54.6 Å². The number of hydrogen-bond acceptors (Lipinski definition) is 2. The molecular formula is C21H26N2OS. The molecular weight excluding hydrogens is 328 g/mol. The molecule has 0 unspecified atom stereocenters. The number of aryl methyl sites for hydroxylation is 1. The summed E-state index contributed by atoms with van der Waals surface area (Å²) in [6.07, 6.45) is 2.55. The van der Waals surface area contributed by atoms with Crippen molar-refractivity contribution in [2.24, 2.45) is 0 Å². The molecule has 2 aromatic carbocycles. The normalized spacial score (nSPS) is 16.6. The average Bonchev–Trinajstić information content (AvgIpc) is 3.15. The Bertz CT molecular complexity index is 683. The fourth-order valence-electron chi connectivity index (χ4n) is 3.11. The summed E-state index contributed by atoms with van der Waals surface area (Å²) in [7, 11) is 0. The molecule has 132 valence electrons. The van der Waals surface area contributed by atoms with Gasteiger partial charge in [0, 0.05) is 26.2 Å². The molecule has 1 fully saturated rings. The summed E-state index contributed by atoms with van der Waals surface area (Å²) in [5, 5.41) is 4.21. The third-order valence-electron chi connectivity index (χ3n) is 4.63. The number of thiocarbonyl (C=S) groups is 1. The van der Waals surface area contributed by atoms with Crippen molar-refractivity contribution in [3.63, 3.8) is 0 Å². The van der Waals surface area contributed by atoms with E-state index in [1.165, 1.54) is 16.7 Å². The molecule has 0 spiro atoms. The Morgan fingerprint density at radius 2 is 1.88 bits per heavy atom. The van der Waals surface area contributed by atoms with Crippen molar-refractivity contribution < 1.29 is 4.74 Å². The molecule has 3 nitrogen and oxygen atoms in total. The van der Waals surface area contributed by atoms with E-state index in [-0.39, 0.29) is 6.10 Å². The standard InChI is InChI=1S/C21H26N2OS/c1-17-8-5-6-11-19(17)16-23(15-18-9-3-2-4-10-18)21(25)22-14-20-12-7-13-24-20/h2-6,8-11,20H,7,12-16H2,1H3,(H,22,25)/t20-/m1/s1. The van der Waals surface area contributed by atoms with Crippen LogP contribution in [0, 0.1) is 6.92 Å². The maximum atomic E-state index is 5.71. The largest absolute Gasteiger partial charge is 0.376 e. The number of hydrogen-bond donors (Lipinski definition) is 1. The third-order valence-corrected chi connectivity index (χ3v) is 5.03. The zero-order valence-corrected chi connectivity index (χ0v) is 15.6. The van der Waals surface area contributed by atoms with Gasteiger partial charge in [0.05, 0.1) is 6.10 Å². The fraction of sp³-hybridized carbons (Fsp3) is 0.381. The fourth-order valence-corrected chi connectivity index (χ4v) is 3.33. The molecule has 0 amide bonds. The van der Waals surface area contributed by atoms with E-state index in [1.807, 2.05) is 6.07 Å². The Hall–Kier alpha value is -1.91. The molecule has 1 aliphatic heterocycles. The van der Waals surface area contributed by atoms with Gasteiger partial charge in [-0.2, -0.15) is 0 Å². The minimum Gasteiger partial charge on any atom is -0.376 e. The first-order chi connectivity index (χ1) is 12.2. The molecule has 1 N–H and O–H groups in total. The summed E-state index contributed by atoms with van der Waals surface area (Å²) in [6.45, 7) is 5.41. The van der Waals surface area contributed by atoms with Crippen LogP contribution >= 0.6 is 12.2 Å². The van der Waals surface area contributed by atoms with E-state index in [0.29, 0.717) is 0 Å². The Balaban J connectivity index is 1.68. The highest BCUT2D eigenvalue weighted by atomic mass is 32.1. The van der Waals surface area contributed by atoms with Crippen LogP contribution in [0.5, 0.6) is 0 Å². The molecule has 3 rings (SSSR count). The van der Waals surface area contributed by atoms with E-state index in [2.05, 4.69) is 65.7 Å².